The van der Waals surface area contributed by atoms with E-state index in [1.165, 1.54) is 12.8 Å². The first kappa shape index (κ1) is 11.6. The maximum absolute atomic E-state index is 9.29. The molecular weight excluding hydrogens is 200 g/mol. The van der Waals surface area contributed by atoms with Crippen molar-refractivity contribution in [1.82, 2.24) is 10.3 Å². The third-order valence-electron chi connectivity index (χ3n) is 3.02. The van der Waals surface area contributed by atoms with E-state index in [1.807, 2.05) is 25.3 Å². The molecule has 0 bridgehead atoms. The molecule has 0 amide bonds. The van der Waals surface area contributed by atoms with Gasteiger partial charge in [0, 0.05) is 30.9 Å². The number of hydrogen-bond acceptors (Lipinski definition) is 3. The fourth-order valence-corrected chi connectivity index (χ4v) is 1.97. The van der Waals surface area contributed by atoms with E-state index in [0.717, 1.165) is 18.0 Å². The van der Waals surface area contributed by atoms with Gasteiger partial charge in [-0.1, -0.05) is 6.07 Å². The molecule has 1 aliphatic rings. The number of pyridine rings is 1. The summed E-state index contributed by atoms with van der Waals surface area (Å²) in [7, 11) is 0. The van der Waals surface area contributed by atoms with Gasteiger partial charge < -0.3 is 10.4 Å². The van der Waals surface area contributed by atoms with Crippen LogP contribution in [0.2, 0.25) is 0 Å². The Bertz CT molecular complexity index is 309. The lowest BCUT2D eigenvalue weighted by Crippen LogP contribution is -2.37. The van der Waals surface area contributed by atoms with Crippen LogP contribution in [-0.4, -0.2) is 28.8 Å². The van der Waals surface area contributed by atoms with Crippen molar-refractivity contribution in [1.29, 1.82) is 0 Å². The van der Waals surface area contributed by atoms with E-state index in [2.05, 4.69) is 16.4 Å². The van der Waals surface area contributed by atoms with Crippen molar-refractivity contribution in [3.63, 3.8) is 0 Å². The maximum Gasteiger partial charge on any atom is 0.0636 e. The summed E-state index contributed by atoms with van der Waals surface area (Å²) in [5, 5.41) is 12.7. The zero-order valence-corrected chi connectivity index (χ0v) is 9.76. The zero-order valence-electron chi connectivity index (χ0n) is 9.76. The van der Waals surface area contributed by atoms with Gasteiger partial charge >= 0.3 is 0 Å². The van der Waals surface area contributed by atoms with Gasteiger partial charge in [-0.3, -0.25) is 4.98 Å². The van der Waals surface area contributed by atoms with Gasteiger partial charge in [0.1, 0.15) is 0 Å². The molecule has 0 radical (unpaired) electrons. The van der Waals surface area contributed by atoms with Gasteiger partial charge in [0.25, 0.3) is 0 Å². The Morgan fingerprint density at radius 1 is 1.50 bits per heavy atom. The van der Waals surface area contributed by atoms with E-state index < -0.39 is 0 Å². The Balaban J connectivity index is 1.87. The second-order valence-electron chi connectivity index (χ2n) is 4.73. The molecule has 3 nitrogen and oxygen atoms in total. The summed E-state index contributed by atoms with van der Waals surface area (Å²) in [5.74, 6) is 0.778. The Morgan fingerprint density at radius 3 is 2.88 bits per heavy atom. The molecule has 0 aromatic carbocycles. The fraction of sp³-hybridized carbons (Fsp3) is 0.615. The van der Waals surface area contributed by atoms with Crippen LogP contribution >= 0.6 is 0 Å². The van der Waals surface area contributed by atoms with Crippen molar-refractivity contribution in [2.75, 3.05) is 6.54 Å². The monoisotopic (exact) mass is 220 g/mol. The van der Waals surface area contributed by atoms with Crippen LogP contribution in [0.3, 0.4) is 0 Å². The minimum atomic E-state index is -0.273. The molecule has 3 heteroatoms. The molecule has 1 fully saturated rings. The summed E-state index contributed by atoms with van der Waals surface area (Å²) in [4.78, 5) is 4.35. The van der Waals surface area contributed by atoms with Gasteiger partial charge in [0.05, 0.1) is 6.10 Å². The van der Waals surface area contributed by atoms with Gasteiger partial charge in [0.15, 0.2) is 0 Å². The van der Waals surface area contributed by atoms with Crippen LogP contribution in [0.25, 0.3) is 0 Å². The van der Waals surface area contributed by atoms with E-state index in [0.29, 0.717) is 12.6 Å². The Kier molecular flexibility index (Phi) is 3.91. The number of nitrogens with one attached hydrogen (secondary N) is 1. The molecule has 16 heavy (non-hydrogen) atoms. The summed E-state index contributed by atoms with van der Waals surface area (Å²) in [5.41, 5.74) is 1.14. The summed E-state index contributed by atoms with van der Waals surface area (Å²) >= 11 is 0. The van der Waals surface area contributed by atoms with Crippen LogP contribution in [0.1, 0.15) is 25.5 Å². The minimum absolute atomic E-state index is 0.273. The average Bonchev–Trinajstić information content (AvgIpc) is 3.09. The predicted octanol–water partition coefficient (Wildman–Crippen LogP) is 1.37. The van der Waals surface area contributed by atoms with E-state index >= 15 is 0 Å². The normalized spacial score (nSPS) is 19.4. The molecule has 0 spiro atoms. The number of nitrogens with zero attached hydrogens (tertiary/aromatic N) is 1. The molecular formula is C13H20N2O. The van der Waals surface area contributed by atoms with E-state index in [9.17, 15) is 5.11 Å². The SMILES string of the molecule is CC(O)CNC(Cc1ccccn1)C1CC1. The van der Waals surface area contributed by atoms with E-state index in [4.69, 9.17) is 0 Å². The van der Waals surface area contributed by atoms with Crippen LogP contribution < -0.4 is 5.32 Å². The van der Waals surface area contributed by atoms with Crippen molar-refractivity contribution in [2.45, 2.75) is 38.3 Å². The largest absolute Gasteiger partial charge is 0.392 e. The molecule has 0 aliphatic heterocycles. The number of aromatic nitrogens is 1. The van der Waals surface area contributed by atoms with Gasteiger partial charge in [-0.25, -0.2) is 0 Å². The van der Waals surface area contributed by atoms with Gasteiger partial charge in [-0.05, 0) is 37.8 Å². The average molecular weight is 220 g/mol. The highest BCUT2D eigenvalue weighted by atomic mass is 16.3. The van der Waals surface area contributed by atoms with Crippen LogP contribution in [0.5, 0.6) is 0 Å². The molecule has 2 atom stereocenters. The minimum Gasteiger partial charge on any atom is -0.392 e. The predicted molar refractivity (Wildman–Crippen MR) is 64.1 cm³/mol. The highest BCUT2D eigenvalue weighted by Crippen LogP contribution is 2.33. The van der Waals surface area contributed by atoms with E-state index in [-0.39, 0.29) is 6.10 Å². The van der Waals surface area contributed by atoms with Crippen LogP contribution in [0.4, 0.5) is 0 Å². The summed E-state index contributed by atoms with van der Waals surface area (Å²) in [6, 6.07) is 6.52. The molecule has 2 unspecified atom stereocenters. The second-order valence-corrected chi connectivity index (χ2v) is 4.73. The molecule has 1 aromatic heterocycles. The third-order valence-corrected chi connectivity index (χ3v) is 3.02. The quantitative estimate of drug-likeness (QED) is 0.761. The number of aliphatic hydroxyl groups excluding tert-OH is 1. The number of aliphatic hydroxyl groups is 1. The standard InChI is InChI=1S/C13H20N2O/c1-10(16)9-15-13(11-5-6-11)8-12-4-2-3-7-14-12/h2-4,7,10-11,13,15-16H,5-6,8-9H2,1H3. The van der Waals surface area contributed by atoms with Gasteiger partial charge in [0.2, 0.25) is 0 Å². The van der Waals surface area contributed by atoms with Crippen LogP contribution in [0.15, 0.2) is 24.4 Å². The molecule has 1 aliphatic carbocycles. The molecule has 1 aromatic rings. The Morgan fingerprint density at radius 2 is 2.31 bits per heavy atom. The molecule has 1 heterocycles. The lowest BCUT2D eigenvalue weighted by Gasteiger charge is -2.18. The third kappa shape index (κ3) is 3.58. The lowest BCUT2D eigenvalue weighted by atomic mass is 10.1. The molecule has 2 rings (SSSR count). The first-order valence-electron chi connectivity index (χ1n) is 6.07. The molecule has 1 saturated carbocycles. The van der Waals surface area contributed by atoms with Crippen molar-refractivity contribution >= 4 is 0 Å². The van der Waals surface area contributed by atoms with E-state index in [1.54, 1.807) is 0 Å². The highest BCUT2D eigenvalue weighted by molar-refractivity contribution is 5.07. The first-order chi connectivity index (χ1) is 7.75. The summed E-state index contributed by atoms with van der Waals surface area (Å²) in [6.07, 6.45) is 5.16. The molecule has 88 valence electrons. The topological polar surface area (TPSA) is 45.1 Å². The molecule has 0 saturated heterocycles. The zero-order chi connectivity index (χ0) is 11.4. The van der Waals surface area contributed by atoms with Crippen LogP contribution in [-0.2, 0) is 6.42 Å². The first-order valence-corrected chi connectivity index (χ1v) is 6.07. The highest BCUT2D eigenvalue weighted by Gasteiger charge is 2.31. The second kappa shape index (κ2) is 5.41. The van der Waals surface area contributed by atoms with Gasteiger partial charge in [-0.15, -0.1) is 0 Å². The smallest absolute Gasteiger partial charge is 0.0636 e. The van der Waals surface area contributed by atoms with Crippen LogP contribution in [0, 0.1) is 5.92 Å². The van der Waals surface area contributed by atoms with Crippen molar-refractivity contribution in [2.24, 2.45) is 5.92 Å². The molecule has 2 N–H and O–H groups in total. The summed E-state index contributed by atoms with van der Waals surface area (Å²) < 4.78 is 0. The van der Waals surface area contributed by atoms with Crippen molar-refractivity contribution in [3.8, 4) is 0 Å². The van der Waals surface area contributed by atoms with Crippen molar-refractivity contribution in [3.05, 3.63) is 30.1 Å². The lowest BCUT2D eigenvalue weighted by molar-refractivity contribution is 0.184. The van der Waals surface area contributed by atoms with Crippen molar-refractivity contribution < 1.29 is 5.11 Å². The maximum atomic E-state index is 9.29. The number of rotatable bonds is 6. The number of hydrogen-bond donors (Lipinski definition) is 2. The summed E-state index contributed by atoms with van der Waals surface area (Å²) in [6.45, 7) is 2.49. The van der Waals surface area contributed by atoms with Gasteiger partial charge in [-0.2, -0.15) is 0 Å². The fourth-order valence-electron chi connectivity index (χ4n) is 1.97. The Labute approximate surface area is 96.9 Å². The Hall–Kier alpha value is -0.930.